The molecule has 1 aliphatic heterocycles. The average molecular weight is 366 g/mol. The Labute approximate surface area is 155 Å². The van der Waals surface area contributed by atoms with E-state index in [2.05, 4.69) is 36.2 Å². The molecule has 5 nitrogen and oxygen atoms in total. The third-order valence-corrected chi connectivity index (χ3v) is 4.89. The Bertz CT molecular complexity index is 649. The number of nitrogens with zero attached hydrogens (tertiary/aromatic N) is 2. The largest absolute Gasteiger partial charge is 0.459 e. The number of benzene rings is 1. The molecule has 0 aliphatic carbocycles. The molecule has 1 aromatic carbocycles. The van der Waals surface area contributed by atoms with E-state index in [1.807, 2.05) is 23.1 Å². The van der Waals surface area contributed by atoms with E-state index >= 15 is 0 Å². The minimum Gasteiger partial charge on any atom is -0.459 e. The summed E-state index contributed by atoms with van der Waals surface area (Å²) in [6.07, 6.45) is 0.568. The summed E-state index contributed by atoms with van der Waals surface area (Å²) in [5, 5.41) is 4.41. The minimum absolute atomic E-state index is 0. The Hall–Kier alpha value is -1.56. The van der Waals surface area contributed by atoms with E-state index in [0.717, 1.165) is 56.0 Å². The summed E-state index contributed by atoms with van der Waals surface area (Å²) in [6, 6.07) is 10.4. The van der Waals surface area contributed by atoms with E-state index in [9.17, 15) is 4.79 Å². The highest BCUT2D eigenvalue weighted by molar-refractivity contribution is 5.85. The molecule has 1 aliphatic rings. The fourth-order valence-corrected chi connectivity index (χ4v) is 3.33. The molecule has 0 bridgehead atoms. The molecule has 2 aromatic rings. The lowest BCUT2D eigenvalue weighted by Gasteiger charge is -2.30. The summed E-state index contributed by atoms with van der Waals surface area (Å²) in [6.45, 7) is 9.39. The topological polar surface area (TPSA) is 48.7 Å². The first kappa shape index (κ1) is 19.8. The van der Waals surface area contributed by atoms with Crippen molar-refractivity contribution in [1.29, 1.82) is 0 Å². The molecule has 2 heterocycles. The normalized spacial score (nSPS) is 16.0. The van der Waals surface area contributed by atoms with Gasteiger partial charge in [-0.1, -0.05) is 25.1 Å². The highest BCUT2D eigenvalue weighted by Crippen LogP contribution is 2.27. The van der Waals surface area contributed by atoms with E-state index in [-0.39, 0.29) is 24.4 Å². The first-order valence-corrected chi connectivity index (χ1v) is 8.90. The van der Waals surface area contributed by atoms with Crippen LogP contribution in [0.25, 0.3) is 11.0 Å². The average Bonchev–Trinajstić information content (AvgIpc) is 3.06. The number of furan rings is 1. The van der Waals surface area contributed by atoms with Gasteiger partial charge in [-0.15, -0.1) is 12.4 Å². The Morgan fingerprint density at radius 3 is 2.72 bits per heavy atom. The van der Waals surface area contributed by atoms with Crippen molar-refractivity contribution in [2.45, 2.75) is 26.3 Å². The molecule has 1 N–H and O–H groups in total. The van der Waals surface area contributed by atoms with E-state index in [1.165, 1.54) is 0 Å². The standard InChI is InChI=1S/C19H27N3O2.ClH/c1-3-21(11-8-19(23)22-12-9-20-10-13-22)15(2)18-14-16-6-4-5-7-17(16)24-18;/h4-7,14-15,20H,3,8-13H2,1-2H3;1H. The monoisotopic (exact) mass is 365 g/mol. The maximum absolute atomic E-state index is 12.4. The lowest BCUT2D eigenvalue weighted by Crippen LogP contribution is -2.47. The van der Waals surface area contributed by atoms with Crippen LogP contribution >= 0.6 is 12.4 Å². The highest BCUT2D eigenvalue weighted by atomic mass is 35.5. The molecule has 0 saturated carbocycles. The van der Waals surface area contributed by atoms with Crippen LogP contribution in [0.2, 0.25) is 0 Å². The number of piperazine rings is 1. The zero-order valence-electron chi connectivity index (χ0n) is 15.0. The number of carbonyl (C=O) groups excluding carboxylic acids is 1. The zero-order valence-corrected chi connectivity index (χ0v) is 15.8. The first-order valence-electron chi connectivity index (χ1n) is 8.90. The number of rotatable bonds is 6. The predicted molar refractivity (Wildman–Crippen MR) is 103 cm³/mol. The van der Waals surface area contributed by atoms with Crippen LogP contribution in [0.1, 0.15) is 32.1 Å². The van der Waals surface area contributed by atoms with Gasteiger partial charge in [-0.25, -0.2) is 0 Å². The molecule has 1 atom stereocenters. The maximum atomic E-state index is 12.4. The molecule has 25 heavy (non-hydrogen) atoms. The van der Waals surface area contributed by atoms with Gasteiger partial charge in [0.05, 0.1) is 6.04 Å². The van der Waals surface area contributed by atoms with Gasteiger partial charge in [-0.05, 0) is 25.6 Å². The van der Waals surface area contributed by atoms with E-state index < -0.39 is 0 Å². The lowest BCUT2D eigenvalue weighted by atomic mass is 10.1. The molecular weight excluding hydrogens is 338 g/mol. The predicted octanol–water partition coefficient (Wildman–Crippen LogP) is 3.06. The molecule has 1 saturated heterocycles. The van der Waals surface area contributed by atoms with Crippen LogP contribution < -0.4 is 5.32 Å². The molecule has 0 spiro atoms. The summed E-state index contributed by atoms with van der Waals surface area (Å²) in [4.78, 5) is 16.6. The number of fused-ring (bicyclic) bond motifs is 1. The Morgan fingerprint density at radius 2 is 2.04 bits per heavy atom. The molecule has 138 valence electrons. The summed E-state index contributed by atoms with van der Waals surface area (Å²) in [5.41, 5.74) is 0.923. The highest BCUT2D eigenvalue weighted by Gasteiger charge is 2.21. The number of hydrogen-bond acceptors (Lipinski definition) is 4. The number of nitrogens with one attached hydrogen (secondary N) is 1. The maximum Gasteiger partial charge on any atom is 0.223 e. The van der Waals surface area contributed by atoms with Crippen LogP contribution in [0.15, 0.2) is 34.7 Å². The van der Waals surface area contributed by atoms with Crippen LogP contribution in [0.3, 0.4) is 0 Å². The van der Waals surface area contributed by atoms with Crippen molar-refractivity contribution in [3.05, 3.63) is 36.1 Å². The molecule has 1 amide bonds. The van der Waals surface area contributed by atoms with E-state index in [1.54, 1.807) is 0 Å². The summed E-state index contributed by atoms with van der Waals surface area (Å²) in [5.74, 6) is 1.22. The van der Waals surface area contributed by atoms with Crippen LogP contribution in [0.5, 0.6) is 0 Å². The summed E-state index contributed by atoms with van der Waals surface area (Å²) < 4.78 is 5.99. The fraction of sp³-hybridized carbons (Fsp3) is 0.526. The summed E-state index contributed by atoms with van der Waals surface area (Å²) >= 11 is 0. The lowest BCUT2D eigenvalue weighted by molar-refractivity contribution is -0.132. The van der Waals surface area contributed by atoms with Gasteiger partial charge < -0.3 is 14.6 Å². The zero-order chi connectivity index (χ0) is 16.9. The molecule has 1 aromatic heterocycles. The molecule has 1 fully saturated rings. The molecule has 6 heteroatoms. The smallest absolute Gasteiger partial charge is 0.223 e. The first-order chi connectivity index (χ1) is 11.7. The van der Waals surface area contributed by atoms with Gasteiger partial charge in [0, 0.05) is 44.5 Å². The quantitative estimate of drug-likeness (QED) is 0.854. The van der Waals surface area contributed by atoms with Crippen molar-refractivity contribution in [3.8, 4) is 0 Å². The number of amides is 1. The third kappa shape index (κ3) is 4.75. The van der Waals surface area contributed by atoms with Crippen molar-refractivity contribution in [1.82, 2.24) is 15.1 Å². The van der Waals surface area contributed by atoms with Crippen LogP contribution in [-0.2, 0) is 4.79 Å². The molecule has 3 rings (SSSR count). The van der Waals surface area contributed by atoms with Gasteiger partial charge >= 0.3 is 0 Å². The van der Waals surface area contributed by atoms with Gasteiger partial charge in [0.1, 0.15) is 11.3 Å². The van der Waals surface area contributed by atoms with E-state index in [4.69, 9.17) is 4.42 Å². The number of halogens is 1. The van der Waals surface area contributed by atoms with Crippen molar-refractivity contribution < 1.29 is 9.21 Å². The van der Waals surface area contributed by atoms with E-state index in [0.29, 0.717) is 6.42 Å². The second-order valence-electron chi connectivity index (χ2n) is 6.37. The summed E-state index contributed by atoms with van der Waals surface area (Å²) in [7, 11) is 0. The number of para-hydroxylation sites is 1. The molecular formula is C19H28ClN3O2. The minimum atomic E-state index is 0. The second-order valence-corrected chi connectivity index (χ2v) is 6.37. The second kappa shape index (κ2) is 9.22. The van der Waals surface area contributed by atoms with Gasteiger partial charge in [0.25, 0.3) is 0 Å². The van der Waals surface area contributed by atoms with Crippen molar-refractivity contribution in [3.63, 3.8) is 0 Å². The molecule has 0 radical (unpaired) electrons. The SMILES string of the molecule is CCN(CCC(=O)N1CCNCC1)C(C)c1cc2ccccc2o1.Cl. The van der Waals surface area contributed by atoms with Gasteiger partial charge in [0.2, 0.25) is 5.91 Å². The number of hydrogen-bond donors (Lipinski definition) is 1. The molecule has 1 unspecified atom stereocenters. The van der Waals surface area contributed by atoms with Gasteiger partial charge in [0.15, 0.2) is 0 Å². The van der Waals surface area contributed by atoms with Crippen LogP contribution in [0, 0.1) is 0 Å². The van der Waals surface area contributed by atoms with Gasteiger partial charge in [-0.3, -0.25) is 9.69 Å². The van der Waals surface area contributed by atoms with Crippen LogP contribution in [-0.4, -0.2) is 55.0 Å². The third-order valence-electron chi connectivity index (χ3n) is 4.89. The van der Waals surface area contributed by atoms with Crippen LogP contribution in [0.4, 0.5) is 0 Å². The Kier molecular flexibility index (Phi) is 7.29. The van der Waals surface area contributed by atoms with Crippen molar-refractivity contribution in [2.75, 3.05) is 39.3 Å². The van der Waals surface area contributed by atoms with Crippen molar-refractivity contribution >= 4 is 29.3 Å². The van der Waals surface area contributed by atoms with Gasteiger partial charge in [-0.2, -0.15) is 0 Å². The fourth-order valence-electron chi connectivity index (χ4n) is 3.33. The Morgan fingerprint density at radius 1 is 1.32 bits per heavy atom. The van der Waals surface area contributed by atoms with Crippen molar-refractivity contribution in [2.24, 2.45) is 0 Å². The Balaban J connectivity index is 0.00000225. The number of carbonyl (C=O) groups is 1.